The molecule has 0 N–H and O–H groups in total. The van der Waals surface area contributed by atoms with E-state index in [-0.39, 0.29) is 0 Å². The highest BCUT2D eigenvalue weighted by Crippen LogP contribution is 2.20. The molecule has 0 heterocycles. The van der Waals surface area contributed by atoms with Gasteiger partial charge in [0.25, 0.3) is 0 Å². The molecule has 23 heavy (non-hydrogen) atoms. The summed E-state index contributed by atoms with van der Waals surface area (Å²) in [6, 6.07) is 22.2. The quantitative estimate of drug-likeness (QED) is 0.600. The summed E-state index contributed by atoms with van der Waals surface area (Å²) in [5.74, 6) is 1.76. The van der Waals surface area contributed by atoms with Crippen LogP contribution in [0.5, 0.6) is 11.5 Å². The molecule has 0 aliphatic rings. The van der Waals surface area contributed by atoms with Crippen molar-refractivity contribution in [3.05, 3.63) is 66.7 Å². The van der Waals surface area contributed by atoms with Crippen molar-refractivity contribution < 1.29 is 9.47 Å². The molecule has 117 valence electrons. The van der Waals surface area contributed by atoms with Gasteiger partial charge in [-0.3, -0.25) is 5.32 Å². The normalized spacial score (nSPS) is 10.5. The third-order valence-corrected chi connectivity index (χ3v) is 3.66. The fraction of sp³-hybridized carbons (Fsp3) is 0.200. The van der Waals surface area contributed by atoms with Crippen molar-refractivity contribution >= 4 is 16.5 Å². The zero-order chi connectivity index (χ0) is 15.9. The lowest BCUT2D eigenvalue weighted by Crippen LogP contribution is -2.06. The van der Waals surface area contributed by atoms with Gasteiger partial charge in [-0.15, -0.1) is 0 Å². The van der Waals surface area contributed by atoms with E-state index in [0.717, 1.165) is 30.2 Å². The Morgan fingerprint density at radius 3 is 2.35 bits per heavy atom. The summed E-state index contributed by atoms with van der Waals surface area (Å²) in [6.07, 6.45) is 0.888. The molecule has 3 rings (SSSR count). The van der Waals surface area contributed by atoms with Crippen LogP contribution in [0.3, 0.4) is 0 Å². The SMILES string of the molecule is COc1ccc([N]CCCOc2ccc3ccccc3c2)cc1. The van der Waals surface area contributed by atoms with Gasteiger partial charge in [0.05, 0.1) is 19.4 Å². The number of rotatable bonds is 7. The van der Waals surface area contributed by atoms with Crippen LogP contribution in [0.4, 0.5) is 5.69 Å². The van der Waals surface area contributed by atoms with E-state index < -0.39 is 0 Å². The smallest absolute Gasteiger partial charge is 0.119 e. The Morgan fingerprint density at radius 2 is 1.57 bits per heavy atom. The van der Waals surface area contributed by atoms with E-state index in [0.29, 0.717) is 6.61 Å². The predicted molar refractivity (Wildman–Crippen MR) is 93.7 cm³/mol. The lowest BCUT2D eigenvalue weighted by Gasteiger charge is -2.08. The standard InChI is InChI=1S/C20H20NO2/c1-22-19-11-8-18(9-12-19)21-13-4-14-23-20-10-7-16-5-2-3-6-17(16)15-20/h2-3,5-12,15H,4,13-14H2,1H3. The molecule has 0 saturated heterocycles. The second-order valence-corrected chi connectivity index (χ2v) is 5.29. The zero-order valence-corrected chi connectivity index (χ0v) is 13.2. The van der Waals surface area contributed by atoms with Crippen LogP contribution in [-0.4, -0.2) is 20.3 Å². The third-order valence-electron chi connectivity index (χ3n) is 3.66. The molecule has 0 spiro atoms. The number of benzene rings is 3. The first kappa shape index (κ1) is 15.2. The molecule has 1 radical (unpaired) electrons. The first-order valence-corrected chi connectivity index (χ1v) is 7.78. The first-order valence-electron chi connectivity index (χ1n) is 7.78. The Kier molecular flexibility index (Phi) is 4.99. The van der Waals surface area contributed by atoms with E-state index in [1.165, 1.54) is 10.8 Å². The Bertz CT molecular complexity index is 753. The van der Waals surface area contributed by atoms with Crippen molar-refractivity contribution in [3.63, 3.8) is 0 Å². The lowest BCUT2D eigenvalue weighted by molar-refractivity contribution is 0.311. The highest BCUT2D eigenvalue weighted by Gasteiger charge is 1.98. The van der Waals surface area contributed by atoms with Gasteiger partial charge in [-0.2, -0.15) is 0 Å². The molecule has 3 nitrogen and oxygen atoms in total. The topological polar surface area (TPSA) is 32.6 Å². The second-order valence-electron chi connectivity index (χ2n) is 5.29. The molecule has 0 bridgehead atoms. The maximum absolute atomic E-state index is 5.81. The minimum atomic E-state index is 0.665. The molecule has 3 aromatic rings. The van der Waals surface area contributed by atoms with Gasteiger partial charge >= 0.3 is 0 Å². The second kappa shape index (κ2) is 7.54. The molecular formula is C20H20NO2. The van der Waals surface area contributed by atoms with Gasteiger partial charge in [0, 0.05) is 13.0 Å². The molecule has 0 aliphatic heterocycles. The van der Waals surface area contributed by atoms with Gasteiger partial charge in [0.1, 0.15) is 11.5 Å². The van der Waals surface area contributed by atoms with Gasteiger partial charge in [0.2, 0.25) is 0 Å². The average molecular weight is 306 g/mol. The maximum Gasteiger partial charge on any atom is 0.119 e. The van der Waals surface area contributed by atoms with Crippen LogP contribution in [0.15, 0.2) is 66.7 Å². The molecule has 0 fully saturated rings. The van der Waals surface area contributed by atoms with E-state index >= 15 is 0 Å². The predicted octanol–water partition coefficient (Wildman–Crippen LogP) is 4.55. The van der Waals surface area contributed by atoms with Crippen molar-refractivity contribution in [2.75, 3.05) is 20.3 Å². The number of hydrogen-bond donors (Lipinski definition) is 0. The molecule has 0 unspecified atom stereocenters. The number of nitrogens with zero attached hydrogens (tertiary/aromatic N) is 1. The summed E-state index contributed by atoms with van der Waals surface area (Å²) in [5.41, 5.74) is 0.969. The number of fused-ring (bicyclic) bond motifs is 1. The number of ether oxygens (including phenoxy) is 2. The largest absolute Gasteiger partial charge is 0.497 e. The molecule has 0 amide bonds. The Balaban J connectivity index is 1.43. The maximum atomic E-state index is 5.81. The van der Waals surface area contributed by atoms with Gasteiger partial charge in [-0.05, 0) is 47.2 Å². The van der Waals surface area contributed by atoms with E-state index in [1.54, 1.807) is 7.11 Å². The molecule has 3 heteroatoms. The van der Waals surface area contributed by atoms with Gasteiger partial charge in [-0.25, -0.2) is 0 Å². The van der Waals surface area contributed by atoms with Gasteiger partial charge < -0.3 is 9.47 Å². The van der Waals surface area contributed by atoms with Crippen LogP contribution < -0.4 is 14.8 Å². The molecule has 0 saturated carbocycles. The molecule has 3 aromatic carbocycles. The van der Waals surface area contributed by atoms with Crippen LogP contribution in [0.2, 0.25) is 0 Å². The fourth-order valence-corrected chi connectivity index (χ4v) is 2.41. The molecule has 0 aromatic heterocycles. The fourth-order valence-electron chi connectivity index (χ4n) is 2.41. The molecular weight excluding hydrogens is 286 g/mol. The Labute approximate surface area is 136 Å². The summed E-state index contributed by atoms with van der Waals surface area (Å²) < 4.78 is 10.9. The van der Waals surface area contributed by atoms with Crippen LogP contribution in [-0.2, 0) is 0 Å². The van der Waals surface area contributed by atoms with Crippen LogP contribution in [0.25, 0.3) is 10.8 Å². The van der Waals surface area contributed by atoms with Crippen molar-refractivity contribution in [1.29, 1.82) is 0 Å². The van der Waals surface area contributed by atoms with E-state index in [2.05, 4.69) is 29.6 Å². The van der Waals surface area contributed by atoms with Gasteiger partial charge in [0.15, 0.2) is 0 Å². The van der Waals surface area contributed by atoms with E-state index in [4.69, 9.17) is 9.47 Å². The third kappa shape index (κ3) is 4.16. The summed E-state index contributed by atoms with van der Waals surface area (Å²) in [5, 5.41) is 6.96. The number of methoxy groups -OCH3 is 1. The summed E-state index contributed by atoms with van der Waals surface area (Å²) in [6.45, 7) is 1.41. The first-order chi connectivity index (χ1) is 11.3. The zero-order valence-electron chi connectivity index (χ0n) is 13.2. The summed E-state index contributed by atoms with van der Waals surface area (Å²) in [7, 11) is 1.66. The highest BCUT2D eigenvalue weighted by atomic mass is 16.5. The van der Waals surface area contributed by atoms with Crippen molar-refractivity contribution in [1.82, 2.24) is 5.32 Å². The van der Waals surface area contributed by atoms with Crippen LogP contribution >= 0.6 is 0 Å². The van der Waals surface area contributed by atoms with Crippen molar-refractivity contribution in [3.8, 4) is 11.5 Å². The van der Waals surface area contributed by atoms with Crippen molar-refractivity contribution in [2.24, 2.45) is 0 Å². The van der Waals surface area contributed by atoms with E-state index in [9.17, 15) is 0 Å². The monoisotopic (exact) mass is 306 g/mol. The van der Waals surface area contributed by atoms with Crippen molar-refractivity contribution in [2.45, 2.75) is 6.42 Å². The minimum Gasteiger partial charge on any atom is -0.497 e. The molecule has 0 aliphatic carbocycles. The lowest BCUT2D eigenvalue weighted by atomic mass is 10.1. The molecule has 0 atom stereocenters. The van der Waals surface area contributed by atoms with Crippen LogP contribution in [0.1, 0.15) is 6.42 Å². The average Bonchev–Trinajstić information content (AvgIpc) is 2.62. The summed E-state index contributed by atoms with van der Waals surface area (Å²) >= 11 is 0. The Morgan fingerprint density at radius 1 is 0.826 bits per heavy atom. The van der Waals surface area contributed by atoms with Crippen LogP contribution in [0, 0.1) is 0 Å². The van der Waals surface area contributed by atoms with E-state index in [1.807, 2.05) is 42.5 Å². The number of hydrogen-bond acceptors (Lipinski definition) is 2. The highest BCUT2D eigenvalue weighted by molar-refractivity contribution is 5.83. The Hall–Kier alpha value is -2.68. The minimum absolute atomic E-state index is 0.665. The van der Waals surface area contributed by atoms with Gasteiger partial charge in [-0.1, -0.05) is 30.3 Å². The summed E-state index contributed by atoms with van der Waals surface area (Å²) in [4.78, 5) is 0.